The van der Waals surface area contributed by atoms with E-state index in [9.17, 15) is 14.7 Å². The SMILES string of the molecule is CCCCP(=S)(CCCC)CN(C(=O)OCc1ccccc1)C(CC)C(=O)O. The van der Waals surface area contributed by atoms with Crippen molar-refractivity contribution < 1.29 is 19.4 Å². The number of carbonyl (C=O) groups is 2. The molecule has 0 aliphatic carbocycles. The zero-order valence-corrected chi connectivity index (χ0v) is 19.0. The molecule has 28 heavy (non-hydrogen) atoms. The van der Waals surface area contributed by atoms with Crippen molar-refractivity contribution in [2.45, 2.75) is 65.5 Å². The van der Waals surface area contributed by atoms with E-state index in [0.29, 0.717) is 12.7 Å². The maximum Gasteiger partial charge on any atom is 0.411 e. The molecule has 1 aromatic rings. The lowest BCUT2D eigenvalue weighted by atomic mass is 10.2. The van der Waals surface area contributed by atoms with Gasteiger partial charge in [-0.05, 0) is 43.2 Å². The highest BCUT2D eigenvalue weighted by Gasteiger charge is 2.33. The van der Waals surface area contributed by atoms with Gasteiger partial charge in [-0.2, -0.15) is 0 Å². The predicted molar refractivity (Wildman–Crippen MR) is 119 cm³/mol. The Morgan fingerprint density at radius 1 is 1.11 bits per heavy atom. The molecule has 0 aromatic heterocycles. The van der Waals surface area contributed by atoms with Gasteiger partial charge in [-0.1, -0.05) is 75.8 Å². The quantitative estimate of drug-likeness (QED) is 0.420. The van der Waals surface area contributed by atoms with Crippen LogP contribution >= 0.6 is 6.04 Å². The topological polar surface area (TPSA) is 66.8 Å². The molecule has 0 radical (unpaired) electrons. The molecule has 0 saturated carbocycles. The second-order valence-corrected chi connectivity index (χ2v) is 12.7. The van der Waals surface area contributed by atoms with Gasteiger partial charge in [0.05, 0.1) is 6.29 Å². The van der Waals surface area contributed by atoms with Crippen molar-refractivity contribution in [1.82, 2.24) is 4.90 Å². The van der Waals surface area contributed by atoms with E-state index in [-0.39, 0.29) is 6.61 Å². The Kier molecular flexibility index (Phi) is 11.4. The van der Waals surface area contributed by atoms with Crippen molar-refractivity contribution >= 4 is 29.9 Å². The van der Waals surface area contributed by atoms with E-state index in [1.165, 1.54) is 4.90 Å². The largest absolute Gasteiger partial charge is 0.480 e. The van der Waals surface area contributed by atoms with Crippen LogP contribution in [0.5, 0.6) is 0 Å². The highest BCUT2D eigenvalue weighted by atomic mass is 32.4. The number of ether oxygens (including phenoxy) is 1. The van der Waals surface area contributed by atoms with Crippen LogP contribution in [0.15, 0.2) is 30.3 Å². The Morgan fingerprint density at radius 3 is 2.14 bits per heavy atom. The van der Waals surface area contributed by atoms with E-state index in [0.717, 1.165) is 43.6 Å². The fraction of sp³-hybridized carbons (Fsp3) is 0.619. The third kappa shape index (κ3) is 8.32. The number of carbonyl (C=O) groups excluding carboxylic acids is 1. The smallest absolute Gasteiger partial charge is 0.411 e. The number of carboxylic acids is 1. The minimum Gasteiger partial charge on any atom is -0.480 e. The van der Waals surface area contributed by atoms with Crippen LogP contribution in [0.4, 0.5) is 4.79 Å². The zero-order valence-electron chi connectivity index (χ0n) is 17.3. The average molecular weight is 428 g/mol. The van der Waals surface area contributed by atoms with Crippen molar-refractivity contribution in [3.8, 4) is 0 Å². The Balaban J connectivity index is 2.99. The molecule has 1 amide bonds. The number of unbranched alkanes of at least 4 members (excludes halogenated alkanes) is 2. The Bertz CT molecular complexity index is 641. The van der Waals surface area contributed by atoms with Gasteiger partial charge in [0.25, 0.3) is 0 Å². The molecule has 0 aliphatic rings. The number of rotatable bonds is 13. The fourth-order valence-electron chi connectivity index (χ4n) is 3.04. The van der Waals surface area contributed by atoms with Crippen molar-refractivity contribution in [2.75, 3.05) is 18.6 Å². The summed E-state index contributed by atoms with van der Waals surface area (Å²) in [5.74, 6) is -1.01. The summed E-state index contributed by atoms with van der Waals surface area (Å²) in [5, 5.41) is 9.66. The average Bonchev–Trinajstić information content (AvgIpc) is 2.69. The fourth-order valence-corrected chi connectivity index (χ4v) is 7.34. The first-order valence-electron chi connectivity index (χ1n) is 10.1. The molecule has 1 aromatic carbocycles. The molecular weight excluding hydrogens is 393 g/mol. The molecule has 0 bridgehead atoms. The van der Waals surface area contributed by atoms with Crippen LogP contribution in [0.1, 0.15) is 58.4 Å². The van der Waals surface area contributed by atoms with Crippen LogP contribution in [-0.4, -0.2) is 46.7 Å². The number of hydrogen-bond donors (Lipinski definition) is 1. The minimum atomic E-state index is -1.87. The lowest BCUT2D eigenvalue weighted by Gasteiger charge is -2.33. The van der Waals surface area contributed by atoms with E-state index >= 15 is 0 Å². The summed E-state index contributed by atoms with van der Waals surface area (Å²) in [6, 6.07) is 6.62. The molecule has 7 heteroatoms. The lowest BCUT2D eigenvalue weighted by Crippen LogP contribution is -2.45. The molecular formula is C21H34NO4PS. The van der Waals surface area contributed by atoms with Gasteiger partial charge in [0.1, 0.15) is 12.6 Å². The second kappa shape index (κ2) is 12.9. The van der Waals surface area contributed by atoms with Crippen LogP contribution in [0, 0.1) is 0 Å². The number of hydrogen-bond acceptors (Lipinski definition) is 4. The van der Waals surface area contributed by atoms with Crippen molar-refractivity contribution in [3.63, 3.8) is 0 Å². The maximum absolute atomic E-state index is 12.9. The predicted octanol–water partition coefficient (Wildman–Crippen LogP) is 5.53. The van der Waals surface area contributed by atoms with E-state index in [2.05, 4.69) is 13.8 Å². The van der Waals surface area contributed by atoms with Gasteiger partial charge < -0.3 is 9.84 Å². The third-order valence-corrected chi connectivity index (χ3v) is 9.26. The molecule has 1 N–H and O–H groups in total. The molecule has 5 nitrogen and oxygen atoms in total. The first-order chi connectivity index (χ1) is 13.4. The summed E-state index contributed by atoms with van der Waals surface area (Å²) in [7, 11) is 0. The maximum atomic E-state index is 12.9. The van der Waals surface area contributed by atoms with Gasteiger partial charge in [-0.15, -0.1) is 0 Å². The molecule has 0 heterocycles. The first-order valence-corrected chi connectivity index (χ1v) is 13.5. The van der Waals surface area contributed by atoms with Crippen molar-refractivity contribution in [2.24, 2.45) is 0 Å². The highest BCUT2D eigenvalue weighted by Crippen LogP contribution is 2.49. The first kappa shape index (κ1) is 24.6. The standard InChI is InChI=1S/C21H34NO4PS/c1-4-7-14-27(28,15-8-5-2)17-22(19(6-3)20(23)24)21(25)26-16-18-12-10-9-11-13-18/h9-13,19H,4-8,14-17H2,1-3H3,(H,23,24). The van der Waals surface area contributed by atoms with Gasteiger partial charge in [0, 0.05) is 0 Å². The van der Waals surface area contributed by atoms with Crippen molar-refractivity contribution in [1.29, 1.82) is 0 Å². The second-order valence-electron chi connectivity index (χ2n) is 7.13. The minimum absolute atomic E-state index is 0.124. The van der Waals surface area contributed by atoms with Gasteiger partial charge >= 0.3 is 12.1 Å². The summed E-state index contributed by atoms with van der Waals surface area (Å²) >= 11 is 6.03. The number of aliphatic carboxylic acids is 1. The van der Waals surface area contributed by atoms with Gasteiger partial charge in [-0.25, -0.2) is 9.59 Å². The Labute approximate surface area is 174 Å². The summed E-state index contributed by atoms with van der Waals surface area (Å²) in [5.41, 5.74) is 0.871. The number of amides is 1. The molecule has 1 atom stereocenters. The van der Waals surface area contributed by atoms with Gasteiger partial charge in [-0.3, -0.25) is 4.90 Å². The summed E-state index contributed by atoms with van der Waals surface area (Å²) in [6.45, 7) is 6.14. The van der Waals surface area contributed by atoms with Crippen molar-refractivity contribution in [3.05, 3.63) is 35.9 Å². The lowest BCUT2D eigenvalue weighted by molar-refractivity contribution is -0.142. The van der Waals surface area contributed by atoms with E-state index in [1.54, 1.807) is 6.92 Å². The molecule has 0 saturated heterocycles. The number of nitrogens with zero attached hydrogens (tertiary/aromatic N) is 1. The zero-order chi connectivity index (χ0) is 21.0. The van der Waals surface area contributed by atoms with E-state index in [4.69, 9.17) is 16.5 Å². The Morgan fingerprint density at radius 2 is 1.68 bits per heavy atom. The van der Waals surface area contributed by atoms with Crippen LogP contribution < -0.4 is 0 Å². The molecule has 0 aliphatic heterocycles. The molecule has 0 spiro atoms. The number of carboxylic acid groups (broad SMARTS) is 1. The van der Waals surface area contributed by atoms with Crippen LogP contribution in [-0.2, 0) is 27.9 Å². The highest BCUT2D eigenvalue weighted by molar-refractivity contribution is 8.14. The monoisotopic (exact) mass is 427 g/mol. The number of benzene rings is 1. The van der Waals surface area contributed by atoms with E-state index < -0.39 is 24.1 Å². The molecule has 1 unspecified atom stereocenters. The van der Waals surface area contributed by atoms with Crippen LogP contribution in [0.25, 0.3) is 0 Å². The van der Waals surface area contributed by atoms with Crippen LogP contribution in [0.2, 0.25) is 0 Å². The summed E-state index contributed by atoms with van der Waals surface area (Å²) < 4.78 is 5.47. The third-order valence-electron chi connectivity index (χ3n) is 4.74. The van der Waals surface area contributed by atoms with Crippen LogP contribution in [0.3, 0.4) is 0 Å². The molecule has 0 fully saturated rings. The van der Waals surface area contributed by atoms with Gasteiger partial charge in [0.2, 0.25) is 0 Å². The molecule has 158 valence electrons. The van der Waals surface area contributed by atoms with E-state index in [1.807, 2.05) is 30.3 Å². The molecule has 1 rings (SSSR count). The Hall–Kier alpha value is -1.39. The summed E-state index contributed by atoms with van der Waals surface area (Å²) in [6.07, 6.45) is 5.98. The normalized spacial score (nSPS) is 12.4. The summed E-state index contributed by atoms with van der Waals surface area (Å²) in [4.78, 5) is 26.0. The van der Waals surface area contributed by atoms with Gasteiger partial charge in [0.15, 0.2) is 0 Å².